The van der Waals surface area contributed by atoms with Gasteiger partial charge in [0, 0.05) is 0 Å². The van der Waals surface area contributed by atoms with Gasteiger partial charge in [-0.1, -0.05) is 66.7 Å². The first-order valence-electron chi connectivity index (χ1n) is 8.56. The Morgan fingerprint density at radius 2 is 1.32 bits per heavy atom. The first kappa shape index (κ1) is 14.6. The molecule has 3 aliphatic rings. The van der Waals surface area contributed by atoms with Crippen molar-refractivity contribution in [1.82, 2.24) is 4.90 Å². The van der Waals surface area contributed by atoms with Crippen LogP contribution >= 0.6 is 0 Å². The molecule has 2 aromatic rings. The van der Waals surface area contributed by atoms with E-state index in [-0.39, 0.29) is 35.9 Å². The summed E-state index contributed by atoms with van der Waals surface area (Å²) in [6, 6.07) is 18.2. The van der Waals surface area contributed by atoms with Gasteiger partial charge in [0.2, 0.25) is 11.8 Å². The molecule has 0 saturated carbocycles. The highest BCUT2D eigenvalue weighted by Gasteiger charge is 2.60. The Bertz CT molecular complexity index is 842. The number of benzene rings is 2. The molecule has 2 amide bonds. The summed E-state index contributed by atoms with van der Waals surface area (Å²) >= 11 is 0. The van der Waals surface area contributed by atoms with E-state index in [0.717, 1.165) is 16.7 Å². The standard InChI is InChI=1S/C21H17NO3/c23-20-18-16-10-11-17(25-16)19(18)21(24)22(20)12-13-6-8-15(9-7-13)14-4-2-1-3-5-14/h1-11,16-19H,12H2. The van der Waals surface area contributed by atoms with Crippen molar-refractivity contribution in [2.24, 2.45) is 11.8 Å². The third-order valence-corrected chi connectivity index (χ3v) is 5.40. The molecule has 5 rings (SSSR count). The summed E-state index contributed by atoms with van der Waals surface area (Å²) in [5.41, 5.74) is 3.23. The Morgan fingerprint density at radius 3 is 1.92 bits per heavy atom. The summed E-state index contributed by atoms with van der Waals surface area (Å²) < 4.78 is 5.66. The number of rotatable bonds is 3. The van der Waals surface area contributed by atoms with E-state index in [1.165, 1.54) is 4.90 Å². The van der Waals surface area contributed by atoms with Gasteiger partial charge in [0.15, 0.2) is 0 Å². The molecular weight excluding hydrogens is 314 g/mol. The van der Waals surface area contributed by atoms with Gasteiger partial charge in [-0.25, -0.2) is 0 Å². The van der Waals surface area contributed by atoms with Crippen molar-refractivity contribution >= 4 is 11.8 Å². The van der Waals surface area contributed by atoms with Crippen LogP contribution in [0.1, 0.15) is 5.56 Å². The summed E-state index contributed by atoms with van der Waals surface area (Å²) in [6.07, 6.45) is 3.37. The average molecular weight is 331 g/mol. The Hall–Kier alpha value is -2.72. The van der Waals surface area contributed by atoms with Crippen LogP contribution in [-0.4, -0.2) is 28.9 Å². The van der Waals surface area contributed by atoms with Crippen LogP contribution in [0.5, 0.6) is 0 Å². The molecule has 25 heavy (non-hydrogen) atoms. The number of carbonyl (C=O) groups is 2. The molecule has 4 nitrogen and oxygen atoms in total. The molecule has 2 fully saturated rings. The molecule has 4 atom stereocenters. The Morgan fingerprint density at radius 1 is 0.760 bits per heavy atom. The summed E-state index contributed by atoms with van der Waals surface area (Å²) in [5.74, 6) is -0.852. The maximum atomic E-state index is 12.7. The van der Waals surface area contributed by atoms with E-state index >= 15 is 0 Å². The summed E-state index contributed by atoms with van der Waals surface area (Å²) in [5, 5.41) is 0. The second-order valence-corrected chi connectivity index (χ2v) is 6.83. The Kier molecular flexibility index (Phi) is 3.15. The van der Waals surface area contributed by atoms with Crippen molar-refractivity contribution in [3.8, 4) is 11.1 Å². The first-order chi connectivity index (χ1) is 12.2. The highest BCUT2D eigenvalue weighted by Crippen LogP contribution is 2.45. The molecule has 3 heterocycles. The van der Waals surface area contributed by atoms with Crippen LogP contribution in [0, 0.1) is 11.8 Å². The van der Waals surface area contributed by atoms with Gasteiger partial charge in [0.05, 0.1) is 30.6 Å². The molecule has 2 saturated heterocycles. The van der Waals surface area contributed by atoms with Crippen LogP contribution in [0.25, 0.3) is 11.1 Å². The van der Waals surface area contributed by atoms with E-state index in [9.17, 15) is 9.59 Å². The number of hydrogen-bond donors (Lipinski definition) is 0. The number of nitrogens with zero attached hydrogens (tertiary/aromatic N) is 1. The molecule has 0 N–H and O–H groups in total. The van der Waals surface area contributed by atoms with Crippen LogP contribution in [0.15, 0.2) is 66.7 Å². The third-order valence-electron chi connectivity index (χ3n) is 5.40. The van der Waals surface area contributed by atoms with Crippen LogP contribution in [0.2, 0.25) is 0 Å². The lowest BCUT2D eigenvalue weighted by molar-refractivity contribution is -0.143. The van der Waals surface area contributed by atoms with Crippen molar-refractivity contribution in [3.63, 3.8) is 0 Å². The van der Waals surface area contributed by atoms with E-state index in [4.69, 9.17) is 4.74 Å². The fourth-order valence-electron chi connectivity index (χ4n) is 4.14. The van der Waals surface area contributed by atoms with E-state index in [1.807, 2.05) is 54.6 Å². The van der Waals surface area contributed by atoms with Gasteiger partial charge in [0.25, 0.3) is 0 Å². The zero-order chi connectivity index (χ0) is 17.0. The lowest BCUT2D eigenvalue weighted by Crippen LogP contribution is -2.33. The minimum absolute atomic E-state index is 0.0982. The molecule has 2 bridgehead atoms. The number of ether oxygens (including phenoxy) is 1. The largest absolute Gasteiger partial charge is 0.365 e. The van der Waals surface area contributed by atoms with Crippen LogP contribution in [-0.2, 0) is 20.9 Å². The van der Waals surface area contributed by atoms with Crippen molar-refractivity contribution in [3.05, 3.63) is 72.3 Å². The zero-order valence-electron chi connectivity index (χ0n) is 13.5. The number of fused-ring (bicyclic) bond motifs is 5. The second kappa shape index (κ2) is 5.39. The lowest BCUT2D eigenvalue weighted by Gasteiger charge is -2.17. The maximum absolute atomic E-state index is 12.7. The monoisotopic (exact) mass is 331 g/mol. The molecule has 0 aromatic heterocycles. The normalized spacial score (nSPS) is 29.5. The van der Waals surface area contributed by atoms with Crippen LogP contribution in [0.4, 0.5) is 0 Å². The smallest absolute Gasteiger partial charge is 0.236 e. The highest BCUT2D eigenvalue weighted by molar-refractivity contribution is 6.06. The number of amides is 2. The van der Waals surface area contributed by atoms with E-state index in [2.05, 4.69) is 12.1 Å². The number of likely N-dealkylation sites (tertiary alicyclic amines) is 1. The number of imide groups is 1. The Balaban J connectivity index is 1.36. The topological polar surface area (TPSA) is 46.6 Å². The molecular formula is C21H17NO3. The van der Waals surface area contributed by atoms with Crippen molar-refractivity contribution in [2.45, 2.75) is 18.8 Å². The van der Waals surface area contributed by atoms with Crippen molar-refractivity contribution in [1.29, 1.82) is 0 Å². The molecule has 0 spiro atoms. The predicted molar refractivity (Wildman–Crippen MR) is 92.2 cm³/mol. The summed E-state index contributed by atoms with van der Waals surface area (Å²) in [7, 11) is 0. The second-order valence-electron chi connectivity index (χ2n) is 6.83. The zero-order valence-corrected chi connectivity index (χ0v) is 13.5. The average Bonchev–Trinajstić information content (AvgIpc) is 3.33. The molecule has 4 heteroatoms. The van der Waals surface area contributed by atoms with Gasteiger partial charge in [-0.05, 0) is 16.7 Å². The van der Waals surface area contributed by atoms with Gasteiger partial charge in [-0.2, -0.15) is 0 Å². The molecule has 0 radical (unpaired) electrons. The molecule has 0 aliphatic carbocycles. The quantitative estimate of drug-likeness (QED) is 0.642. The van der Waals surface area contributed by atoms with Gasteiger partial charge < -0.3 is 4.74 Å². The van der Waals surface area contributed by atoms with E-state index in [1.54, 1.807) is 0 Å². The minimum Gasteiger partial charge on any atom is -0.365 e. The van der Waals surface area contributed by atoms with Gasteiger partial charge in [-0.15, -0.1) is 0 Å². The van der Waals surface area contributed by atoms with Gasteiger partial charge in [0.1, 0.15) is 0 Å². The SMILES string of the molecule is O=C1C2C3C=CC(O3)C2C(=O)N1Cc1ccc(-c2ccccc2)cc1. The first-order valence-corrected chi connectivity index (χ1v) is 8.56. The molecule has 124 valence electrons. The predicted octanol–water partition coefficient (Wildman–Crippen LogP) is 2.79. The fourth-order valence-corrected chi connectivity index (χ4v) is 4.14. The maximum Gasteiger partial charge on any atom is 0.236 e. The van der Waals surface area contributed by atoms with E-state index in [0.29, 0.717) is 6.54 Å². The van der Waals surface area contributed by atoms with Crippen molar-refractivity contribution < 1.29 is 14.3 Å². The van der Waals surface area contributed by atoms with Gasteiger partial charge in [-0.3, -0.25) is 14.5 Å². The Labute approximate surface area is 145 Å². The van der Waals surface area contributed by atoms with Gasteiger partial charge >= 0.3 is 0 Å². The third kappa shape index (κ3) is 2.18. The number of hydrogen-bond acceptors (Lipinski definition) is 3. The highest BCUT2D eigenvalue weighted by atomic mass is 16.5. The van der Waals surface area contributed by atoms with Crippen LogP contribution < -0.4 is 0 Å². The number of carbonyl (C=O) groups excluding carboxylic acids is 2. The molecule has 3 aliphatic heterocycles. The van der Waals surface area contributed by atoms with E-state index < -0.39 is 0 Å². The minimum atomic E-state index is -0.328. The molecule has 4 unspecified atom stereocenters. The van der Waals surface area contributed by atoms with Crippen LogP contribution in [0.3, 0.4) is 0 Å². The summed E-state index contributed by atoms with van der Waals surface area (Å²) in [4.78, 5) is 26.7. The lowest BCUT2D eigenvalue weighted by atomic mass is 9.85. The van der Waals surface area contributed by atoms with Crippen molar-refractivity contribution in [2.75, 3.05) is 0 Å². The molecule has 2 aromatic carbocycles. The summed E-state index contributed by atoms with van der Waals surface area (Å²) in [6.45, 7) is 0.333. The fraction of sp³-hybridized carbons (Fsp3) is 0.238.